The fourth-order valence-electron chi connectivity index (χ4n) is 2.34. The van der Waals surface area contributed by atoms with Gasteiger partial charge in [0.25, 0.3) is 0 Å². The smallest absolute Gasteiger partial charge is 0.00737 e. The average Bonchev–Trinajstić information content (AvgIpc) is 2.69. The molecule has 0 saturated heterocycles. The van der Waals surface area contributed by atoms with E-state index in [1.807, 2.05) is 0 Å². The highest BCUT2D eigenvalue weighted by Gasteiger charge is 2.39. The van der Waals surface area contributed by atoms with Crippen molar-refractivity contribution in [3.05, 3.63) is 0 Å². The quantitative estimate of drug-likeness (QED) is 0.651. The van der Waals surface area contributed by atoms with Crippen LogP contribution in [0.15, 0.2) is 0 Å². The second-order valence-electron chi connectivity index (χ2n) is 3.96. The van der Waals surface area contributed by atoms with Gasteiger partial charge in [-0.15, -0.1) is 12.4 Å². The minimum Gasteiger partial charge on any atom is -0.327 e. The predicted molar refractivity (Wildman–Crippen MR) is 49.9 cm³/mol. The van der Waals surface area contributed by atoms with Crippen molar-refractivity contribution in [1.82, 2.24) is 0 Å². The largest absolute Gasteiger partial charge is 0.327 e. The van der Waals surface area contributed by atoms with Gasteiger partial charge in [0.2, 0.25) is 0 Å². The van der Waals surface area contributed by atoms with E-state index in [4.69, 9.17) is 5.73 Å². The number of hydrogen-bond donors (Lipinski definition) is 1. The van der Waals surface area contributed by atoms with E-state index < -0.39 is 0 Å². The molecule has 0 spiro atoms. The monoisotopic (exact) mass is 175 g/mol. The first-order chi connectivity index (χ1) is 4.88. The van der Waals surface area contributed by atoms with Crippen molar-refractivity contribution in [2.45, 2.75) is 44.6 Å². The van der Waals surface area contributed by atoms with Gasteiger partial charge in [0, 0.05) is 6.04 Å². The second kappa shape index (κ2) is 3.77. The highest BCUT2D eigenvalue weighted by molar-refractivity contribution is 5.85. The molecule has 0 aromatic rings. The molecular formula is C9H18ClN. The summed E-state index contributed by atoms with van der Waals surface area (Å²) in [5.74, 6) is 1.95. The van der Waals surface area contributed by atoms with Gasteiger partial charge < -0.3 is 5.73 Å². The number of rotatable bonds is 1. The van der Waals surface area contributed by atoms with Gasteiger partial charge in [-0.1, -0.05) is 32.1 Å². The van der Waals surface area contributed by atoms with E-state index in [0.29, 0.717) is 6.04 Å². The molecule has 2 fully saturated rings. The van der Waals surface area contributed by atoms with E-state index in [9.17, 15) is 0 Å². The third-order valence-electron chi connectivity index (χ3n) is 3.15. The van der Waals surface area contributed by atoms with E-state index in [2.05, 4.69) is 0 Å². The standard InChI is InChI=1S/C9H17N.ClH/c10-9-6-8(9)7-4-2-1-3-5-7;/h7-9H,1-6,10H2;1H/t8-,9-;/m1./s1. The zero-order valence-corrected chi connectivity index (χ0v) is 7.78. The molecule has 1 nitrogen and oxygen atoms in total. The van der Waals surface area contributed by atoms with Crippen LogP contribution in [0.1, 0.15) is 38.5 Å². The van der Waals surface area contributed by atoms with Crippen molar-refractivity contribution in [3.63, 3.8) is 0 Å². The summed E-state index contributed by atoms with van der Waals surface area (Å²) in [4.78, 5) is 0. The van der Waals surface area contributed by atoms with Crippen LogP contribution in [0.25, 0.3) is 0 Å². The molecule has 2 aliphatic carbocycles. The lowest BCUT2D eigenvalue weighted by Gasteiger charge is -2.20. The highest BCUT2D eigenvalue weighted by atomic mass is 35.5. The first kappa shape index (κ1) is 9.34. The van der Waals surface area contributed by atoms with Crippen LogP contribution in [0, 0.1) is 11.8 Å². The van der Waals surface area contributed by atoms with E-state index in [-0.39, 0.29) is 12.4 Å². The Labute approximate surface area is 75.1 Å². The van der Waals surface area contributed by atoms with Gasteiger partial charge in [-0.25, -0.2) is 0 Å². The molecule has 2 atom stereocenters. The summed E-state index contributed by atoms with van der Waals surface area (Å²) < 4.78 is 0. The Hall–Kier alpha value is 0.250. The lowest BCUT2D eigenvalue weighted by molar-refractivity contribution is 0.318. The summed E-state index contributed by atoms with van der Waals surface area (Å²) in [6, 6.07) is 0.586. The predicted octanol–water partition coefficient (Wildman–Crippen LogP) is 2.34. The SMILES string of the molecule is Cl.N[C@@H]1C[C@@H]1C1CCCCC1. The Morgan fingerprint density at radius 2 is 1.55 bits per heavy atom. The fraction of sp³-hybridized carbons (Fsp3) is 1.00. The summed E-state index contributed by atoms with van der Waals surface area (Å²) in [6.07, 6.45) is 8.67. The molecule has 0 aromatic carbocycles. The molecule has 11 heavy (non-hydrogen) atoms. The maximum atomic E-state index is 5.80. The van der Waals surface area contributed by atoms with E-state index in [0.717, 1.165) is 11.8 Å². The molecule has 0 amide bonds. The molecule has 0 bridgehead atoms. The Morgan fingerprint density at radius 3 is 2.00 bits per heavy atom. The molecule has 2 rings (SSSR count). The van der Waals surface area contributed by atoms with Crippen LogP contribution >= 0.6 is 12.4 Å². The van der Waals surface area contributed by atoms with Crippen LogP contribution in [-0.2, 0) is 0 Å². The topological polar surface area (TPSA) is 26.0 Å². The average molecular weight is 176 g/mol. The lowest BCUT2D eigenvalue weighted by Crippen LogP contribution is -2.13. The number of hydrogen-bond acceptors (Lipinski definition) is 1. The van der Waals surface area contributed by atoms with Gasteiger partial charge in [-0.2, -0.15) is 0 Å². The van der Waals surface area contributed by atoms with E-state index >= 15 is 0 Å². The fourth-order valence-corrected chi connectivity index (χ4v) is 2.34. The molecule has 0 aliphatic heterocycles. The molecule has 66 valence electrons. The van der Waals surface area contributed by atoms with Crippen molar-refractivity contribution in [1.29, 1.82) is 0 Å². The normalized spacial score (nSPS) is 37.9. The first-order valence-corrected chi connectivity index (χ1v) is 4.63. The van der Waals surface area contributed by atoms with Gasteiger partial charge in [0.1, 0.15) is 0 Å². The highest BCUT2D eigenvalue weighted by Crippen LogP contribution is 2.42. The van der Waals surface area contributed by atoms with Crippen LogP contribution in [0.4, 0.5) is 0 Å². The molecule has 2 aliphatic rings. The molecule has 0 heterocycles. The maximum absolute atomic E-state index is 5.80. The van der Waals surface area contributed by atoms with Crippen LogP contribution in [-0.4, -0.2) is 6.04 Å². The van der Waals surface area contributed by atoms with Crippen molar-refractivity contribution in [2.24, 2.45) is 17.6 Å². The van der Waals surface area contributed by atoms with Crippen molar-refractivity contribution >= 4 is 12.4 Å². The Bertz CT molecular complexity index is 121. The van der Waals surface area contributed by atoms with Crippen LogP contribution in [0.3, 0.4) is 0 Å². The van der Waals surface area contributed by atoms with Gasteiger partial charge in [-0.05, 0) is 18.3 Å². The second-order valence-corrected chi connectivity index (χ2v) is 3.96. The summed E-state index contributed by atoms with van der Waals surface area (Å²) in [5.41, 5.74) is 5.80. The molecule has 2 heteroatoms. The Balaban J connectivity index is 0.000000605. The molecule has 2 saturated carbocycles. The lowest BCUT2D eigenvalue weighted by atomic mass is 9.86. The van der Waals surface area contributed by atoms with Gasteiger partial charge in [0.15, 0.2) is 0 Å². The Morgan fingerprint density at radius 1 is 1.00 bits per heavy atom. The zero-order valence-electron chi connectivity index (χ0n) is 6.96. The van der Waals surface area contributed by atoms with Crippen molar-refractivity contribution in [3.8, 4) is 0 Å². The summed E-state index contributed by atoms with van der Waals surface area (Å²) >= 11 is 0. The van der Waals surface area contributed by atoms with Crippen molar-refractivity contribution in [2.75, 3.05) is 0 Å². The minimum absolute atomic E-state index is 0. The summed E-state index contributed by atoms with van der Waals surface area (Å²) in [7, 11) is 0. The number of nitrogens with two attached hydrogens (primary N) is 1. The Kier molecular flexibility index (Phi) is 3.20. The van der Waals surface area contributed by atoms with E-state index in [1.165, 1.54) is 38.5 Å². The van der Waals surface area contributed by atoms with Gasteiger partial charge in [0.05, 0.1) is 0 Å². The van der Waals surface area contributed by atoms with Crippen molar-refractivity contribution < 1.29 is 0 Å². The molecular weight excluding hydrogens is 158 g/mol. The third-order valence-corrected chi connectivity index (χ3v) is 3.15. The third kappa shape index (κ3) is 2.09. The van der Waals surface area contributed by atoms with Crippen LogP contribution in [0.2, 0.25) is 0 Å². The first-order valence-electron chi connectivity index (χ1n) is 4.63. The summed E-state index contributed by atoms with van der Waals surface area (Å²) in [6.45, 7) is 0. The zero-order chi connectivity index (χ0) is 6.97. The molecule has 2 N–H and O–H groups in total. The van der Waals surface area contributed by atoms with Crippen LogP contribution < -0.4 is 5.73 Å². The molecule has 0 radical (unpaired) electrons. The maximum Gasteiger partial charge on any atom is 0.00737 e. The summed E-state index contributed by atoms with van der Waals surface area (Å²) in [5, 5.41) is 0. The van der Waals surface area contributed by atoms with Gasteiger partial charge in [-0.3, -0.25) is 0 Å². The number of halogens is 1. The minimum atomic E-state index is 0. The van der Waals surface area contributed by atoms with Crippen LogP contribution in [0.5, 0.6) is 0 Å². The van der Waals surface area contributed by atoms with E-state index in [1.54, 1.807) is 0 Å². The van der Waals surface area contributed by atoms with Gasteiger partial charge >= 0.3 is 0 Å². The molecule has 0 aromatic heterocycles. The molecule has 0 unspecified atom stereocenters.